The number of nitrogens with one attached hydrogen (secondary N) is 1. The van der Waals surface area contributed by atoms with Crippen LogP contribution in [0.4, 0.5) is 5.69 Å². The highest BCUT2D eigenvalue weighted by Crippen LogP contribution is 2.39. The molecule has 1 atom stereocenters. The molecule has 0 aliphatic carbocycles. The van der Waals surface area contributed by atoms with Crippen molar-refractivity contribution in [2.24, 2.45) is 0 Å². The van der Waals surface area contributed by atoms with Crippen molar-refractivity contribution in [2.45, 2.75) is 25.5 Å². The van der Waals surface area contributed by atoms with Gasteiger partial charge in [0.2, 0.25) is 0 Å². The summed E-state index contributed by atoms with van der Waals surface area (Å²) in [6.45, 7) is 2.63. The van der Waals surface area contributed by atoms with E-state index in [1.165, 1.54) is 45.4 Å². The van der Waals surface area contributed by atoms with Gasteiger partial charge >= 0.3 is 0 Å². The molecule has 9 nitrogen and oxygen atoms in total. The first-order valence-corrected chi connectivity index (χ1v) is 9.05. The number of non-ortho nitro benzene ring substituents is 1. The lowest BCUT2D eigenvalue weighted by atomic mass is 9.94. The van der Waals surface area contributed by atoms with Crippen molar-refractivity contribution >= 4 is 22.5 Å². The van der Waals surface area contributed by atoms with Gasteiger partial charge in [0.25, 0.3) is 11.6 Å². The number of fused-ring (bicyclic) bond motifs is 1. The normalized spacial score (nSPS) is 12.4. The second-order valence-electron chi connectivity index (χ2n) is 7.23. The molecule has 1 unspecified atom stereocenters. The highest BCUT2D eigenvalue weighted by molar-refractivity contribution is 5.94. The predicted molar refractivity (Wildman–Crippen MR) is 109 cm³/mol. The molecular weight excluding hydrogens is 390 g/mol. The van der Waals surface area contributed by atoms with E-state index < -0.39 is 22.5 Å². The highest BCUT2D eigenvalue weighted by Gasteiger charge is 2.31. The molecule has 0 spiro atoms. The van der Waals surface area contributed by atoms with Gasteiger partial charge in [0.1, 0.15) is 22.6 Å². The zero-order valence-corrected chi connectivity index (χ0v) is 16.6. The molecule has 9 heteroatoms. The van der Waals surface area contributed by atoms with Gasteiger partial charge in [-0.05, 0) is 43.7 Å². The number of hydrogen-bond acceptors (Lipinski definition) is 7. The molecule has 1 aromatic heterocycles. The number of phenols is 1. The lowest BCUT2D eigenvalue weighted by Crippen LogP contribution is -2.43. The number of nitrogens with zero attached hydrogens (tertiary/aromatic N) is 2. The first kappa shape index (κ1) is 21.0. The standard InChI is InChI=1S/C21H21N3O6/c1-21(2,27)20(26)23-17(12-6-8-13(30-3)9-7-12)15-11-16(24(28)29)14-5-4-10-22-18(14)19(15)25/h4-11,17,25,27H,1-3H3,(H,23,26). The van der Waals surface area contributed by atoms with Gasteiger partial charge in [-0.2, -0.15) is 0 Å². The van der Waals surface area contributed by atoms with E-state index in [-0.39, 0.29) is 27.9 Å². The van der Waals surface area contributed by atoms with E-state index in [1.807, 2.05) is 0 Å². The lowest BCUT2D eigenvalue weighted by Gasteiger charge is -2.25. The number of benzene rings is 2. The molecule has 2 aromatic carbocycles. The Balaban J connectivity index is 2.24. The average molecular weight is 411 g/mol. The fraction of sp³-hybridized carbons (Fsp3) is 0.238. The van der Waals surface area contributed by atoms with E-state index in [0.29, 0.717) is 11.3 Å². The number of aliphatic hydroxyl groups is 1. The predicted octanol–water partition coefficient (Wildman–Crippen LogP) is 2.83. The van der Waals surface area contributed by atoms with Crippen LogP contribution in [0.5, 0.6) is 11.5 Å². The number of pyridine rings is 1. The summed E-state index contributed by atoms with van der Waals surface area (Å²) < 4.78 is 5.15. The van der Waals surface area contributed by atoms with Gasteiger partial charge in [0, 0.05) is 17.8 Å². The van der Waals surface area contributed by atoms with Crippen LogP contribution < -0.4 is 10.1 Å². The smallest absolute Gasteiger partial charge is 0.279 e. The molecule has 0 aliphatic rings. The SMILES string of the molecule is COc1ccc(C(NC(=O)C(C)(C)O)c2cc([N+](=O)[O-])c3cccnc3c2O)cc1. The molecule has 1 heterocycles. The van der Waals surface area contributed by atoms with Crippen LogP contribution >= 0.6 is 0 Å². The van der Waals surface area contributed by atoms with E-state index in [0.717, 1.165) is 0 Å². The molecule has 0 saturated carbocycles. The lowest BCUT2D eigenvalue weighted by molar-refractivity contribution is -0.383. The van der Waals surface area contributed by atoms with Gasteiger partial charge in [0.15, 0.2) is 0 Å². The molecule has 3 rings (SSSR count). The van der Waals surface area contributed by atoms with Crippen molar-refractivity contribution in [3.05, 3.63) is 69.9 Å². The number of methoxy groups -OCH3 is 1. The number of rotatable bonds is 6. The molecule has 0 bridgehead atoms. The number of nitro groups is 1. The molecule has 156 valence electrons. The van der Waals surface area contributed by atoms with E-state index in [2.05, 4.69) is 10.3 Å². The molecule has 3 N–H and O–H groups in total. The van der Waals surface area contributed by atoms with Gasteiger partial charge in [-0.3, -0.25) is 19.9 Å². The van der Waals surface area contributed by atoms with Gasteiger partial charge in [0.05, 0.1) is 23.5 Å². The van der Waals surface area contributed by atoms with E-state index >= 15 is 0 Å². The summed E-state index contributed by atoms with van der Waals surface area (Å²) in [4.78, 5) is 27.7. The maximum absolute atomic E-state index is 12.5. The number of amides is 1. The van der Waals surface area contributed by atoms with Crippen molar-refractivity contribution in [1.82, 2.24) is 10.3 Å². The zero-order valence-electron chi connectivity index (χ0n) is 16.6. The summed E-state index contributed by atoms with van der Waals surface area (Å²) in [6.07, 6.45) is 1.41. The third kappa shape index (κ3) is 4.01. The molecule has 30 heavy (non-hydrogen) atoms. The van der Waals surface area contributed by atoms with Crippen LogP contribution in [0.15, 0.2) is 48.7 Å². The van der Waals surface area contributed by atoms with Crippen molar-refractivity contribution in [3.8, 4) is 11.5 Å². The van der Waals surface area contributed by atoms with Crippen LogP contribution in [0.1, 0.15) is 31.0 Å². The third-order valence-corrected chi connectivity index (χ3v) is 4.66. The zero-order chi connectivity index (χ0) is 22.1. The summed E-state index contributed by atoms with van der Waals surface area (Å²) in [6, 6.07) is 9.86. The molecule has 3 aromatic rings. The van der Waals surface area contributed by atoms with Gasteiger partial charge < -0.3 is 20.3 Å². The molecule has 0 aliphatic heterocycles. The quantitative estimate of drug-likeness (QED) is 0.419. The minimum absolute atomic E-state index is 0.0396. The highest BCUT2D eigenvalue weighted by atomic mass is 16.6. The van der Waals surface area contributed by atoms with Crippen LogP contribution in [0, 0.1) is 10.1 Å². The minimum Gasteiger partial charge on any atom is -0.505 e. The van der Waals surface area contributed by atoms with E-state index in [4.69, 9.17) is 4.74 Å². The summed E-state index contributed by atoms with van der Waals surface area (Å²) in [5.41, 5.74) is -1.33. The summed E-state index contributed by atoms with van der Waals surface area (Å²) in [7, 11) is 1.51. The number of nitro benzene ring substituents is 1. The minimum atomic E-state index is -1.71. The average Bonchev–Trinajstić information content (AvgIpc) is 2.72. The number of carbonyl (C=O) groups is 1. The first-order chi connectivity index (χ1) is 14.1. The Morgan fingerprint density at radius 1 is 1.27 bits per heavy atom. The summed E-state index contributed by atoms with van der Waals surface area (Å²) in [5.74, 6) is -0.443. The fourth-order valence-electron chi connectivity index (χ4n) is 3.05. The van der Waals surface area contributed by atoms with Gasteiger partial charge in [-0.1, -0.05) is 12.1 Å². The number of carbonyl (C=O) groups excluding carboxylic acids is 1. The molecule has 1 amide bonds. The maximum atomic E-state index is 12.5. The Morgan fingerprint density at radius 3 is 2.50 bits per heavy atom. The van der Waals surface area contributed by atoms with Crippen molar-refractivity contribution in [2.75, 3.05) is 7.11 Å². The number of hydrogen-bond donors (Lipinski definition) is 3. The van der Waals surface area contributed by atoms with E-state index in [1.54, 1.807) is 24.3 Å². The fourth-order valence-corrected chi connectivity index (χ4v) is 3.05. The molecule has 0 fully saturated rings. The van der Waals surface area contributed by atoms with Crippen molar-refractivity contribution < 1.29 is 24.7 Å². The largest absolute Gasteiger partial charge is 0.505 e. The summed E-state index contributed by atoms with van der Waals surface area (Å²) in [5, 5.41) is 35.4. The second-order valence-corrected chi connectivity index (χ2v) is 7.23. The first-order valence-electron chi connectivity index (χ1n) is 9.05. The molecular formula is C21H21N3O6. The Hall–Kier alpha value is -3.72. The number of aromatic hydroxyl groups is 1. The second kappa shape index (κ2) is 7.96. The van der Waals surface area contributed by atoms with E-state index in [9.17, 15) is 25.1 Å². The van der Waals surface area contributed by atoms with Crippen molar-refractivity contribution in [1.29, 1.82) is 0 Å². The van der Waals surface area contributed by atoms with Crippen LogP contribution in [0.2, 0.25) is 0 Å². The van der Waals surface area contributed by atoms with Gasteiger partial charge in [-0.15, -0.1) is 0 Å². The molecule has 0 saturated heterocycles. The third-order valence-electron chi connectivity index (χ3n) is 4.66. The molecule has 0 radical (unpaired) electrons. The summed E-state index contributed by atoms with van der Waals surface area (Å²) >= 11 is 0. The maximum Gasteiger partial charge on any atom is 0.279 e. The Labute approximate surface area is 172 Å². The van der Waals surface area contributed by atoms with Crippen LogP contribution in [0.25, 0.3) is 10.9 Å². The Morgan fingerprint density at radius 2 is 1.93 bits per heavy atom. The number of phenolic OH excluding ortho intramolecular Hbond substituents is 1. The monoisotopic (exact) mass is 411 g/mol. The van der Waals surface area contributed by atoms with Crippen molar-refractivity contribution in [3.63, 3.8) is 0 Å². The number of ether oxygens (including phenoxy) is 1. The topological polar surface area (TPSA) is 135 Å². The Bertz CT molecular complexity index is 1110. The van der Waals surface area contributed by atoms with Crippen LogP contribution in [-0.2, 0) is 4.79 Å². The van der Waals surface area contributed by atoms with Crippen LogP contribution in [0.3, 0.4) is 0 Å². The number of aromatic nitrogens is 1. The van der Waals surface area contributed by atoms with Gasteiger partial charge in [-0.25, -0.2) is 0 Å². The Kier molecular flexibility index (Phi) is 5.57. The van der Waals surface area contributed by atoms with Crippen LogP contribution in [-0.4, -0.2) is 38.7 Å².